The smallest absolute Gasteiger partial charge is 0.227 e. The Kier molecular flexibility index (Phi) is 6.34. The molecular weight excluding hydrogens is 352 g/mol. The summed E-state index contributed by atoms with van der Waals surface area (Å²) in [6, 6.07) is 15.6. The predicted molar refractivity (Wildman–Crippen MR) is 110 cm³/mol. The molecule has 0 unspecified atom stereocenters. The summed E-state index contributed by atoms with van der Waals surface area (Å²) in [4.78, 5) is 27.1. The Bertz CT molecular complexity index is 849. The van der Waals surface area contributed by atoms with E-state index in [9.17, 15) is 9.59 Å². The van der Waals surface area contributed by atoms with Crippen molar-refractivity contribution in [3.05, 3.63) is 59.7 Å². The van der Waals surface area contributed by atoms with Crippen LogP contribution in [-0.2, 0) is 16.1 Å². The average Bonchev–Trinajstić information content (AvgIpc) is 3.13. The van der Waals surface area contributed by atoms with E-state index in [4.69, 9.17) is 4.74 Å². The van der Waals surface area contributed by atoms with E-state index >= 15 is 0 Å². The van der Waals surface area contributed by atoms with Gasteiger partial charge in [-0.05, 0) is 30.0 Å². The third-order valence-corrected chi connectivity index (χ3v) is 5.51. The Balaban J connectivity index is 1.68. The van der Waals surface area contributed by atoms with Gasteiger partial charge in [-0.2, -0.15) is 0 Å². The molecule has 0 radical (unpaired) electrons. The summed E-state index contributed by atoms with van der Waals surface area (Å²) < 4.78 is 5.33. The SMILES string of the molecule is CC[C@H](C)c1ccccc1N1C[C@H](C(=O)NCc2ccccc2OC)CC1=O. The quantitative estimate of drug-likeness (QED) is 0.793. The summed E-state index contributed by atoms with van der Waals surface area (Å²) in [6.45, 7) is 5.11. The minimum absolute atomic E-state index is 0.00759. The number of hydrogen-bond acceptors (Lipinski definition) is 3. The molecule has 5 nitrogen and oxygen atoms in total. The van der Waals surface area contributed by atoms with Crippen LogP contribution in [0.2, 0.25) is 0 Å². The minimum atomic E-state index is -0.341. The van der Waals surface area contributed by atoms with Crippen LogP contribution in [0.4, 0.5) is 5.69 Å². The van der Waals surface area contributed by atoms with E-state index in [1.165, 1.54) is 0 Å². The van der Waals surface area contributed by atoms with Gasteiger partial charge < -0.3 is 15.0 Å². The number of amides is 2. The monoisotopic (exact) mass is 380 g/mol. The van der Waals surface area contributed by atoms with Gasteiger partial charge in [0.1, 0.15) is 5.75 Å². The van der Waals surface area contributed by atoms with E-state index in [1.807, 2.05) is 42.5 Å². The molecular formula is C23H28N2O3. The lowest BCUT2D eigenvalue weighted by Gasteiger charge is -2.23. The van der Waals surface area contributed by atoms with Crippen LogP contribution in [0, 0.1) is 5.92 Å². The number of anilines is 1. The molecule has 2 amide bonds. The van der Waals surface area contributed by atoms with Crippen LogP contribution in [0.25, 0.3) is 0 Å². The molecule has 1 aliphatic heterocycles. The van der Waals surface area contributed by atoms with Crippen LogP contribution in [0.1, 0.15) is 43.7 Å². The molecule has 1 aliphatic rings. The van der Waals surface area contributed by atoms with E-state index in [0.717, 1.165) is 29.0 Å². The van der Waals surface area contributed by atoms with Crippen molar-refractivity contribution in [2.24, 2.45) is 5.92 Å². The van der Waals surface area contributed by atoms with Crippen molar-refractivity contribution >= 4 is 17.5 Å². The molecule has 2 aromatic rings. The summed E-state index contributed by atoms with van der Waals surface area (Å²) in [5.74, 6) is 0.681. The van der Waals surface area contributed by atoms with Gasteiger partial charge in [-0.25, -0.2) is 0 Å². The Labute approximate surface area is 166 Å². The molecule has 148 valence electrons. The molecule has 1 fully saturated rings. The van der Waals surface area contributed by atoms with Crippen LogP contribution in [0.5, 0.6) is 5.75 Å². The highest BCUT2D eigenvalue weighted by Gasteiger charge is 2.36. The maximum atomic E-state index is 12.7. The van der Waals surface area contributed by atoms with Crippen molar-refractivity contribution in [2.45, 2.75) is 39.2 Å². The highest BCUT2D eigenvalue weighted by atomic mass is 16.5. The van der Waals surface area contributed by atoms with Crippen LogP contribution < -0.4 is 15.0 Å². The first-order valence-corrected chi connectivity index (χ1v) is 9.84. The summed E-state index contributed by atoms with van der Waals surface area (Å²) in [6.07, 6.45) is 1.24. The fourth-order valence-corrected chi connectivity index (χ4v) is 3.66. The number of carbonyl (C=O) groups excluding carboxylic acids is 2. The average molecular weight is 380 g/mol. The zero-order valence-corrected chi connectivity index (χ0v) is 16.8. The van der Waals surface area contributed by atoms with Crippen molar-refractivity contribution in [3.8, 4) is 5.75 Å². The number of benzene rings is 2. The molecule has 1 N–H and O–H groups in total. The topological polar surface area (TPSA) is 58.6 Å². The largest absolute Gasteiger partial charge is 0.496 e. The third kappa shape index (κ3) is 4.19. The third-order valence-electron chi connectivity index (χ3n) is 5.51. The van der Waals surface area contributed by atoms with Crippen molar-refractivity contribution in [2.75, 3.05) is 18.6 Å². The second kappa shape index (κ2) is 8.91. The first kappa shape index (κ1) is 19.9. The number of para-hydroxylation sites is 2. The Morgan fingerprint density at radius 1 is 1.21 bits per heavy atom. The molecule has 0 bridgehead atoms. The van der Waals surface area contributed by atoms with E-state index in [0.29, 0.717) is 19.0 Å². The molecule has 28 heavy (non-hydrogen) atoms. The van der Waals surface area contributed by atoms with Gasteiger partial charge in [-0.1, -0.05) is 50.2 Å². The highest BCUT2D eigenvalue weighted by Crippen LogP contribution is 2.33. The van der Waals surface area contributed by atoms with Gasteiger partial charge >= 0.3 is 0 Å². The number of rotatable bonds is 7. The second-order valence-corrected chi connectivity index (χ2v) is 7.30. The Morgan fingerprint density at radius 2 is 1.93 bits per heavy atom. The molecule has 0 saturated carbocycles. The first-order valence-electron chi connectivity index (χ1n) is 9.84. The fraction of sp³-hybridized carbons (Fsp3) is 0.391. The van der Waals surface area contributed by atoms with E-state index in [2.05, 4.69) is 25.2 Å². The molecule has 3 rings (SSSR count). The molecule has 0 aromatic heterocycles. The number of carbonyl (C=O) groups is 2. The van der Waals surface area contributed by atoms with Gasteiger partial charge in [0.25, 0.3) is 0 Å². The second-order valence-electron chi connectivity index (χ2n) is 7.30. The van der Waals surface area contributed by atoms with Crippen LogP contribution in [0.15, 0.2) is 48.5 Å². The number of nitrogens with one attached hydrogen (secondary N) is 1. The summed E-state index contributed by atoms with van der Waals surface area (Å²) in [5.41, 5.74) is 3.01. The predicted octanol–water partition coefficient (Wildman–Crippen LogP) is 3.88. The van der Waals surface area contributed by atoms with Crippen molar-refractivity contribution < 1.29 is 14.3 Å². The zero-order valence-electron chi connectivity index (χ0n) is 16.8. The lowest BCUT2D eigenvalue weighted by molar-refractivity contribution is -0.126. The number of hydrogen-bond donors (Lipinski definition) is 1. The fourth-order valence-electron chi connectivity index (χ4n) is 3.66. The lowest BCUT2D eigenvalue weighted by Crippen LogP contribution is -2.33. The summed E-state index contributed by atoms with van der Waals surface area (Å²) in [5, 5.41) is 2.96. The van der Waals surface area contributed by atoms with Crippen molar-refractivity contribution in [3.63, 3.8) is 0 Å². The molecule has 1 saturated heterocycles. The van der Waals surface area contributed by atoms with Crippen molar-refractivity contribution in [1.29, 1.82) is 0 Å². The number of nitrogens with zero attached hydrogens (tertiary/aromatic N) is 1. The molecule has 5 heteroatoms. The van der Waals surface area contributed by atoms with Crippen LogP contribution >= 0.6 is 0 Å². The van der Waals surface area contributed by atoms with Gasteiger partial charge in [0.2, 0.25) is 11.8 Å². The van der Waals surface area contributed by atoms with Crippen LogP contribution in [0.3, 0.4) is 0 Å². The van der Waals surface area contributed by atoms with Gasteiger partial charge in [0, 0.05) is 30.8 Å². The summed E-state index contributed by atoms with van der Waals surface area (Å²) >= 11 is 0. The Morgan fingerprint density at radius 3 is 2.68 bits per heavy atom. The molecule has 0 aliphatic carbocycles. The lowest BCUT2D eigenvalue weighted by atomic mass is 9.96. The highest BCUT2D eigenvalue weighted by molar-refractivity contribution is 6.00. The maximum absolute atomic E-state index is 12.7. The minimum Gasteiger partial charge on any atom is -0.496 e. The van der Waals surface area contributed by atoms with Gasteiger partial charge in [0.05, 0.1) is 13.0 Å². The van der Waals surface area contributed by atoms with Gasteiger partial charge in [-0.15, -0.1) is 0 Å². The standard InChI is InChI=1S/C23H28N2O3/c1-4-16(2)19-10-6-7-11-20(19)25-15-18(13-22(25)26)23(27)24-14-17-9-5-8-12-21(17)28-3/h5-12,16,18H,4,13-15H2,1-3H3,(H,24,27)/t16-,18+/m0/s1. The molecule has 0 spiro atoms. The maximum Gasteiger partial charge on any atom is 0.227 e. The number of ether oxygens (including phenoxy) is 1. The van der Waals surface area contributed by atoms with Crippen molar-refractivity contribution in [1.82, 2.24) is 5.32 Å². The first-order chi connectivity index (χ1) is 13.5. The zero-order chi connectivity index (χ0) is 20.1. The van der Waals surface area contributed by atoms with Gasteiger partial charge in [-0.3, -0.25) is 9.59 Å². The van der Waals surface area contributed by atoms with E-state index < -0.39 is 0 Å². The van der Waals surface area contributed by atoms with Crippen LogP contribution in [-0.4, -0.2) is 25.5 Å². The normalized spacial score (nSPS) is 17.5. The molecule has 1 heterocycles. The van der Waals surface area contributed by atoms with E-state index in [1.54, 1.807) is 12.0 Å². The van der Waals surface area contributed by atoms with E-state index in [-0.39, 0.29) is 24.2 Å². The molecule has 2 atom stereocenters. The Hall–Kier alpha value is -2.82. The van der Waals surface area contributed by atoms with Gasteiger partial charge in [0.15, 0.2) is 0 Å². The summed E-state index contributed by atoms with van der Waals surface area (Å²) in [7, 11) is 1.61. The molecule has 2 aromatic carbocycles. The number of methoxy groups -OCH3 is 1.